The van der Waals surface area contributed by atoms with Gasteiger partial charge in [-0.3, -0.25) is 9.79 Å². The molecule has 2 rings (SSSR count). The Morgan fingerprint density at radius 2 is 1.71 bits per heavy atom. The maximum absolute atomic E-state index is 12.1. The lowest BCUT2D eigenvalue weighted by molar-refractivity contribution is -0.120. The van der Waals surface area contributed by atoms with Crippen molar-refractivity contribution in [1.29, 1.82) is 0 Å². The summed E-state index contributed by atoms with van der Waals surface area (Å²) in [4.78, 5) is 16.2. The quantitative estimate of drug-likeness (QED) is 0.479. The normalized spacial score (nSPS) is 10.9. The van der Waals surface area contributed by atoms with Gasteiger partial charge in [0, 0.05) is 25.7 Å². The number of hydrogen-bond acceptors (Lipinski definition) is 4. The zero-order chi connectivity index (χ0) is 20.4. The van der Waals surface area contributed by atoms with Gasteiger partial charge in [0.15, 0.2) is 5.96 Å². The summed E-state index contributed by atoms with van der Waals surface area (Å²) < 4.78 is 10.5. The molecule has 28 heavy (non-hydrogen) atoms. The van der Waals surface area contributed by atoms with Crippen LogP contribution < -0.4 is 25.4 Å². The van der Waals surface area contributed by atoms with E-state index in [1.165, 1.54) is 0 Å². The van der Waals surface area contributed by atoms with Crippen LogP contribution in [0.3, 0.4) is 0 Å². The van der Waals surface area contributed by atoms with Crippen LogP contribution in [0.15, 0.2) is 47.5 Å². The lowest BCUT2D eigenvalue weighted by atomic mass is 10.1. The summed E-state index contributed by atoms with van der Waals surface area (Å²) in [6.45, 7) is 3.14. The van der Waals surface area contributed by atoms with Gasteiger partial charge < -0.3 is 25.4 Å². The molecule has 2 aromatic carbocycles. The number of nitrogens with one attached hydrogen (secondary N) is 3. The first kappa shape index (κ1) is 21.1. The van der Waals surface area contributed by atoms with E-state index in [1.807, 2.05) is 49.4 Å². The van der Waals surface area contributed by atoms with E-state index in [4.69, 9.17) is 9.47 Å². The molecule has 150 valence electrons. The highest BCUT2D eigenvalue weighted by Crippen LogP contribution is 2.19. The van der Waals surface area contributed by atoms with Crippen LogP contribution in [-0.2, 0) is 17.9 Å². The van der Waals surface area contributed by atoms with E-state index in [9.17, 15) is 4.79 Å². The molecule has 3 N–H and O–H groups in total. The number of guanidine groups is 1. The number of hydrogen-bond donors (Lipinski definition) is 3. The number of methoxy groups -OCH3 is 2. The van der Waals surface area contributed by atoms with Gasteiger partial charge in [0.05, 0.1) is 20.8 Å². The molecule has 0 aliphatic carbocycles. The average Bonchev–Trinajstić information content (AvgIpc) is 2.73. The molecule has 0 aromatic heterocycles. The molecule has 7 heteroatoms. The van der Waals surface area contributed by atoms with Gasteiger partial charge in [-0.05, 0) is 36.2 Å². The summed E-state index contributed by atoms with van der Waals surface area (Å²) in [7, 11) is 4.94. The number of amides is 1. The fourth-order valence-electron chi connectivity index (χ4n) is 2.57. The first-order valence-corrected chi connectivity index (χ1v) is 9.03. The fourth-order valence-corrected chi connectivity index (χ4v) is 2.57. The highest BCUT2D eigenvalue weighted by molar-refractivity contribution is 5.86. The zero-order valence-electron chi connectivity index (χ0n) is 16.8. The Bertz CT molecular complexity index is 804. The van der Waals surface area contributed by atoms with E-state index < -0.39 is 0 Å². The number of aliphatic imine (C=N–C) groups is 1. The molecule has 1 amide bonds. The van der Waals surface area contributed by atoms with Crippen LogP contribution in [0.5, 0.6) is 11.5 Å². The third-order valence-corrected chi connectivity index (χ3v) is 4.18. The highest BCUT2D eigenvalue weighted by atomic mass is 16.5. The summed E-state index contributed by atoms with van der Waals surface area (Å²) in [6, 6.07) is 13.6. The SMILES string of the molecule is CN=C(NCC(=O)NCc1ccc(OC)cc1)NCc1ccc(C)cc1OC. The van der Waals surface area contributed by atoms with Gasteiger partial charge in [-0.15, -0.1) is 0 Å². The van der Waals surface area contributed by atoms with Crippen LogP contribution in [0.4, 0.5) is 0 Å². The Labute approximate surface area is 166 Å². The molecule has 0 saturated carbocycles. The third-order valence-electron chi connectivity index (χ3n) is 4.18. The largest absolute Gasteiger partial charge is 0.497 e. The van der Waals surface area contributed by atoms with Crippen molar-refractivity contribution in [2.75, 3.05) is 27.8 Å². The van der Waals surface area contributed by atoms with Crippen LogP contribution in [0.1, 0.15) is 16.7 Å². The van der Waals surface area contributed by atoms with Crippen LogP contribution in [0.25, 0.3) is 0 Å². The first-order chi connectivity index (χ1) is 13.5. The van der Waals surface area contributed by atoms with Gasteiger partial charge in [-0.1, -0.05) is 24.3 Å². The molecule has 0 radical (unpaired) electrons. The van der Waals surface area contributed by atoms with Crippen molar-refractivity contribution < 1.29 is 14.3 Å². The summed E-state index contributed by atoms with van der Waals surface area (Å²) >= 11 is 0. The zero-order valence-corrected chi connectivity index (χ0v) is 16.8. The Morgan fingerprint density at radius 1 is 0.964 bits per heavy atom. The van der Waals surface area contributed by atoms with E-state index in [0.717, 1.165) is 28.2 Å². The minimum Gasteiger partial charge on any atom is -0.497 e. The maximum Gasteiger partial charge on any atom is 0.239 e. The number of rotatable bonds is 8. The van der Waals surface area contributed by atoms with Crippen molar-refractivity contribution in [3.8, 4) is 11.5 Å². The van der Waals surface area contributed by atoms with Gasteiger partial charge in [0.1, 0.15) is 11.5 Å². The summed E-state index contributed by atoms with van der Waals surface area (Å²) in [5.41, 5.74) is 3.15. The average molecular weight is 384 g/mol. The molecule has 0 spiro atoms. The second kappa shape index (κ2) is 10.8. The molecule has 0 aliphatic heterocycles. The molecule has 0 bridgehead atoms. The van der Waals surface area contributed by atoms with Crippen LogP contribution in [0.2, 0.25) is 0 Å². The van der Waals surface area contributed by atoms with Crippen molar-refractivity contribution in [3.63, 3.8) is 0 Å². The van der Waals surface area contributed by atoms with Gasteiger partial charge in [-0.25, -0.2) is 0 Å². The fraction of sp³-hybridized carbons (Fsp3) is 0.333. The van der Waals surface area contributed by atoms with E-state index >= 15 is 0 Å². The molecular weight excluding hydrogens is 356 g/mol. The predicted molar refractivity (Wildman–Crippen MR) is 111 cm³/mol. The Morgan fingerprint density at radius 3 is 2.36 bits per heavy atom. The minimum absolute atomic E-state index is 0.119. The monoisotopic (exact) mass is 384 g/mol. The smallest absolute Gasteiger partial charge is 0.239 e. The predicted octanol–water partition coefficient (Wildman–Crippen LogP) is 1.99. The number of carbonyl (C=O) groups is 1. The molecule has 0 fully saturated rings. The number of aryl methyl sites for hydroxylation is 1. The van der Waals surface area contributed by atoms with E-state index in [1.54, 1.807) is 21.3 Å². The molecule has 0 aliphatic rings. The van der Waals surface area contributed by atoms with Gasteiger partial charge in [-0.2, -0.15) is 0 Å². The molecule has 2 aromatic rings. The molecule has 0 saturated heterocycles. The first-order valence-electron chi connectivity index (χ1n) is 9.03. The standard InChI is InChI=1S/C21H28N4O3/c1-15-5-8-17(19(11-15)28-4)13-24-21(22-2)25-14-20(26)23-12-16-6-9-18(27-3)10-7-16/h5-11H,12-14H2,1-4H3,(H,23,26)(H2,22,24,25). The summed E-state index contributed by atoms with van der Waals surface area (Å²) in [5, 5.41) is 9.06. The molecule has 0 unspecified atom stereocenters. The second-order valence-electron chi connectivity index (χ2n) is 6.22. The third kappa shape index (κ3) is 6.50. The van der Waals surface area contributed by atoms with Crippen molar-refractivity contribution in [1.82, 2.24) is 16.0 Å². The van der Waals surface area contributed by atoms with Crippen molar-refractivity contribution in [2.45, 2.75) is 20.0 Å². The molecular formula is C21H28N4O3. The van der Waals surface area contributed by atoms with E-state index in [-0.39, 0.29) is 12.5 Å². The maximum atomic E-state index is 12.1. The van der Waals surface area contributed by atoms with Crippen molar-refractivity contribution in [2.24, 2.45) is 4.99 Å². The van der Waals surface area contributed by atoms with E-state index in [2.05, 4.69) is 20.9 Å². The van der Waals surface area contributed by atoms with E-state index in [0.29, 0.717) is 19.0 Å². The lowest BCUT2D eigenvalue weighted by Gasteiger charge is -2.14. The van der Waals surface area contributed by atoms with Gasteiger partial charge in [0.2, 0.25) is 5.91 Å². The van der Waals surface area contributed by atoms with Gasteiger partial charge in [0.25, 0.3) is 0 Å². The Hall–Kier alpha value is -3.22. The highest BCUT2D eigenvalue weighted by Gasteiger charge is 2.07. The lowest BCUT2D eigenvalue weighted by Crippen LogP contribution is -2.42. The Balaban J connectivity index is 1.77. The van der Waals surface area contributed by atoms with Crippen molar-refractivity contribution >= 4 is 11.9 Å². The van der Waals surface area contributed by atoms with Crippen LogP contribution >= 0.6 is 0 Å². The molecule has 0 atom stereocenters. The number of carbonyl (C=O) groups excluding carboxylic acids is 1. The van der Waals surface area contributed by atoms with Crippen LogP contribution in [0, 0.1) is 6.92 Å². The van der Waals surface area contributed by atoms with Crippen molar-refractivity contribution in [3.05, 3.63) is 59.2 Å². The van der Waals surface area contributed by atoms with Gasteiger partial charge >= 0.3 is 0 Å². The molecule has 7 nitrogen and oxygen atoms in total. The number of nitrogens with zero attached hydrogens (tertiary/aromatic N) is 1. The molecule has 0 heterocycles. The number of ether oxygens (including phenoxy) is 2. The Kier molecular flexibility index (Phi) is 8.14. The summed E-state index contributed by atoms with van der Waals surface area (Å²) in [5.74, 6) is 2.03. The summed E-state index contributed by atoms with van der Waals surface area (Å²) in [6.07, 6.45) is 0. The number of benzene rings is 2. The minimum atomic E-state index is -0.119. The second-order valence-corrected chi connectivity index (χ2v) is 6.22. The topological polar surface area (TPSA) is 84.0 Å². The van der Waals surface area contributed by atoms with Crippen LogP contribution in [-0.4, -0.2) is 39.7 Å².